The highest BCUT2D eigenvalue weighted by molar-refractivity contribution is 6.12. The summed E-state index contributed by atoms with van der Waals surface area (Å²) in [5, 5.41) is 1.34. The quantitative estimate of drug-likeness (QED) is 0.177. The van der Waals surface area contributed by atoms with Crippen LogP contribution in [0, 0.1) is 19.8 Å². The van der Waals surface area contributed by atoms with Crippen molar-refractivity contribution < 1.29 is 30.7 Å². The van der Waals surface area contributed by atoms with E-state index in [0.717, 1.165) is 30.5 Å². The van der Waals surface area contributed by atoms with Gasteiger partial charge in [0.05, 0.1) is 45.9 Å². The fourth-order valence-electron chi connectivity index (χ4n) is 6.21. The summed E-state index contributed by atoms with van der Waals surface area (Å²) in [7, 11) is 0. The number of benzene rings is 5. The minimum Gasteiger partial charge on any atom is -0.309 e. The Morgan fingerprint density at radius 1 is 0.542 bits per heavy atom. The Bertz CT molecular complexity index is 2230. The van der Waals surface area contributed by atoms with E-state index in [2.05, 4.69) is 9.97 Å². The number of aromatic nitrogens is 3. The average Bonchev–Trinajstić information content (AvgIpc) is 3.36. The van der Waals surface area contributed by atoms with Gasteiger partial charge in [0.1, 0.15) is 0 Å². The first-order valence-corrected chi connectivity index (χ1v) is 14.8. The molecule has 10 heteroatoms. The van der Waals surface area contributed by atoms with Crippen LogP contribution in [0.4, 0.5) is 30.7 Å². The van der Waals surface area contributed by atoms with Crippen molar-refractivity contribution in [3.63, 3.8) is 0 Å². The van der Waals surface area contributed by atoms with Crippen molar-refractivity contribution in [2.24, 2.45) is 0 Å². The van der Waals surface area contributed by atoms with Crippen molar-refractivity contribution in [1.29, 1.82) is 0 Å². The number of rotatable bonds is 4. The molecule has 0 N–H and O–H groups in total. The molecule has 7 aromatic rings. The number of alkyl halides is 6. The van der Waals surface area contributed by atoms with Crippen molar-refractivity contribution in [1.82, 2.24) is 14.5 Å². The van der Waals surface area contributed by atoms with Crippen LogP contribution in [0.15, 0.2) is 109 Å². The SMILES string of the molecule is Cc1cc(-c2ccc3c(c2)c2cc(-c4cc(C)cc(C(F)(F)F)c4)ccc2n3-c2ccccc2-c2cnc(F)cn2)cc(C(F)(F)F)c1. The molecule has 0 atom stereocenters. The number of nitrogens with zero attached hydrogens (tertiary/aromatic N) is 3. The molecule has 0 aliphatic rings. The van der Waals surface area contributed by atoms with Crippen molar-refractivity contribution in [3.8, 4) is 39.2 Å². The Labute approximate surface area is 270 Å². The molecule has 0 amide bonds. The summed E-state index contributed by atoms with van der Waals surface area (Å²) in [6, 6.07) is 25.7. The van der Waals surface area contributed by atoms with Gasteiger partial charge in [-0.3, -0.25) is 0 Å². The smallest absolute Gasteiger partial charge is 0.309 e. The van der Waals surface area contributed by atoms with E-state index in [0.29, 0.717) is 72.1 Å². The number of fused-ring (bicyclic) bond motifs is 3. The molecular weight excluding hydrogens is 631 g/mol. The highest BCUT2D eigenvalue weighted by atomic mass is 19.4. The molecule has 2 aromatic heterocycles. The van der Waals surface area contributed by atoms with Gasteiger partial charge in [0.25, 0.3) is 0 Å². The molecule has 0 fully saturated rings. The van der Waals surface area contributed by atoms with Gasteiger partial charge in [-0.1, -0.05) is 42.5 Å². The van der Waals surface area contributed by atoms with Gasteiger partial charge in [-0.2, -0.15) is 30.7 Å². The normalized spacial score (nSPS) is 12.3. The standard InChI is InChI=1S/C38H24F7N3/c1-21-11-25(15-27(13-21)37(40,41)42)23-7-9-34-30(17-23)31-18-24(26-12-22(2)14-28(16-26)38(43,44)45)8-10-35(31)48(34)33-6-4-3-5-29(33)32-19-47-36(39)20-46-32/h3-20H,1-2H3. The maximum Gasteiger partial charge on any atom is 0.416 e. The summed E-state index contributed by atoms with van der Waals surface area (Å²) < 4.78 is 98.1. The number of aryl methyl sites for hydroxylation is 2. The van der Waals surface area contributed by atoms with Crippen LogP contribution >= 0.6 is 0 Å². The van der Waals surface area contributed by atoms with E-state index < -0.39 is 29.4 Å². The van der Waals surface area contributed by atoms with Gasteiger partial charge in [-0.05, 0) is 102 Å². The van der Waals surface area contributed by atoms with Gasteiger partial charge in [0.15, 0.2) is 0 Å². The van der Waals surface area contributed by atoms with Gasteiger partial charge in [0, 0.05) is 16.3 Å². The van der Waals surface area contributed by atoms with E-state index in [1.54, 1.807) is 56.3 Å². The summed E-state index contributed by atoms with van der Waals surface area (Å²) in [5.74, 6) is -0.734. The van der Waals surface area contributed by atoms with Crippen LogP contribution in [-0.4, -0.2) is 14.5 Å². The molecule has 3 nitrogen and oxygen atoms in total. The molecule has 0 spiro atoms. The predicted molar refractivity (Wildman–Crippen MR) is 172 cm³/mol. The summed E-state index contributed by atoms with van der Waals surface area (Å²) in [6.07, 6.45) is -6.73. The lowest BCUT2D eigenvalue weighted by atomic mass is 9.96. The third kappa shape index (κ3) is 5.67. The minimum atomic E-state index is -4.54. The zero-order chi connectivity index (χ0) is 34.0. The molecule has 7 rings (SSSR count). The minimum absolute atomic E-state index is 0.372. The number of hydrogen-bond acceptors (Lipinski definition) is 2. The van der Waals surface area contributed by atoms with Crippen LogP contribution < -0.4 is 0 Å². The summed E-state index contributed by atoms with van der Waals surface area (Å²) in [6.45, 7) is 3.20. The van der Waals surface area contributed by atoms with Crippen LogP contribution in [0.1, 0.15) is 22.3 Å². The van der Waals surface area contributed by atoms with E-state index in [4.69, 9.17) is 0 Å². The lowest BCUT2D eigenvalue weighted by Gasteiger charge is -2.14. The number of para-hydroxylation sites is 1. The second-order valence-corrected chi connectivity index (χ2v) is 11.7. The van der Waals surface area contributed by atoms with Gasteiger partial charge in [-0.25, -0.2) is 9.97 Å². The fourth-order valence-corrected chi connectivity index (χ4v) is 6.21. The molecule has 0 saturated heterocycles. The lowest BCUT2D eigenvalue weighted by molar-refractivity contribution is -0.138. The molecule has 0 aliphatic heterocycles. The van der Waals surface area contributed by atoms with Gasteiger partial charge < -0.3 is 4.57 Å². The van der Waals surface area contributed by atoms with E-state index in [-0.39, 0.29) is 0 Å². The van der Waals surface area contributed by atoms with Crippen LogP contribution in [0.2, 0.25) is 0 Å². The third-order valence-corrected chi connectivity index (χ3v) is 8.28. The zero-order valence-corrected chi connectivity index (χ0v) is 25.4. The first kappa shape index (κ1) is 31.1. The first-order chi connectivity index (χ1) is 22.8. The van der Waals surface area contributed by atoms with E-state index in [1.807, 2.05) is 34.9 Å². The van der Waals surface area contributed by atoms with Gasteiger partial charge in [-0.15, -0.1) is 0 Å². The molecular formula is C38H24F7N3. The van der Waals surface area contributed by atoms with Gasteiger partial charge >= 0.3 is 12.4 Å². The van der Waals surface area contributed by atoms with Crippen LogP contribution in [0.3, 0.4) is 0 Å². The van der Waals surface area contributed by atoms with Crippen molar-refractivity contribution in [3.05, 3.63) is 138 Å². The Morgan fingerprint density at radius 2 is 1.06 bits per heavy atom. The van der Waals surface area contributed by atoms with Gasteiger partial charge in [0.2, 0.25) is 5.95 Å². The topological polar surface area (TPSA) is 30.7 Å². The Kier molecular flexibility index (Phi) is 7.34. The maximum absolute atomic E-state index is 13.7. The Morgan fingerprint density at radius 3 is 1.54 bits per heavy atom. The third-order valence-electron chi connectivity index (χ3n) is 8.28. The highest BCUT2D eigenvalue weighted by Crippen LogP contribution is 2.41. The second kappa shape index (κ2) is 11.3. The molecule has 5 aromatic carbocycles. The van der Waals surface area contributed by atoms with Crippen LogP contribution in [0.25, 0.3) is 61.0 Å². The largest absolute Gasteiger partial charge is 0.416 e. The first-order valence-electron chi connectivity index (χ1n) is 14.8. The molecule has 0 unspecified atom stereocenters. The number of halogens is 7. The molecule has 2 heterocycles. The molecule has 240 valence electrons. The zero-order valence-electron chi connectivity index (χ0n) is 25.4. The van der Waals surface area contributed by atoms with Crippen LogP contribution in [0.5, 0.6) is 0 Å². The maximum atomic E-state index is 13.7. The van der Waals surface area contributed by atoms with E-state index in [1.165, 1.54) is 6.20 Å². The molecule has 0 saturated carbocycles. The van der Waals surface area contributed by atoms with E-state index in [9.17, 15) is 30.7 Å². The monoisotopic (exact) mass is 655 g/mol. The molecule has 0 radical (unpaired) electrons. The molecule has 0 aliphatic carbocycles. The second-order valence-electron chi connectivity index (χ2n) is 11.7. The Balaban J connectivity index is 1.51. The van der Waals surface area contributed by atoms with Crippen molar-refractivity contribution in [2.75, 3.05) is 0 Å². The fraction of sp³-hybridized carbons (Fsp3) is 0.105. The van der Waals surface area contributed by atoms with Crippen molar-refractivity contribution >= 4 is 21.8 Å². The Hall–Kier alpha value is -5.51. The summed E-state index contributed by atoms with van der Waals surface area (Å²) in [5.41, 5.74) is 4.27. The number of hydrogen-bond donors (Lipinski definition) is 0. The average molecular weight is 656 g/mol. The summed E-state index contributed by atoms with van der Waals surface area (Å²) >= 11 is 0. The van der Waals surface area contributed by atoms with Crippen LogP contribution in [-0.2, 0) is 12.4 Å². The molecule has 48 heavy (non-hydrogen) atoms. The molecule has 0 bridgehead atoms. The van der Waals surface area contributed by atoms with E-state index >= 15 is 0 Å². The predicted octanol–water partition coefficient (Wildman–Crippen LogP) is 11.4. The summed E-state index contributed by atoms with van der Waals surface area (Å²) in [4.78, 5) is 7.98. The lowest BCUT2D eigenvalue weighted by Crippen LogP contribution is -2.05. The highest BCUT2D eigenvalue weighted by Gasteiger charge is 2.32. The van der Waals surface area contributed by atoms with Crippen molar-refractivity contribution in [2.45, 2.75) is 26.2 Å².